The molecule has 4 rings (SSSR count). The monoisotopic (exact) mass is 511 g/mol. The number of aromatic carboxylic acids is 1. The molecule has 0 amide bonds. The molecule has 10 nitrogen and oxygen atoms in total. The molecule has 5 N–H and O–H groups in total. The molecule has 0 radical (unpaired) electrons. The zero-order valence-corrected chi connectivity index (χ0v) is 18.3. The van der Waals surface area contributed by atoms with Crippen LogP contribution in [0.4, 0.5) is 30.8 Å². The number of benzene rings is 2. The van der Waals surface area contributed by atoms with Gasteiger partial charge in [0.05, 0.1) is 11.1 Å². The Hall–Kier alpha value is -3.68. The summed E-state index contributed by atoms with van der Waals surface area (Å²) in [7, 11) is 0. The average Bonchev–Trinajstić information content (AvgIpc) is 3.53. The third kappa shape index (κ3) is 5.53. The van der Waals surface area contributed by atoms with Crippen LogP contribution in [0.5, 0.6) is 6.01 Å². The van der Waals surface area contributed by atoms with E-state index in [0.29, 0.717) is 23.6 Å². The molecule has 1 aliphatic carbocycles. The van der Waals surface area contributed by atoms with E-state index in [1.165, 1.54) is 24.3 Å². The number of carbonyl (C=O) groups is 1. The molecule has 0 saturated heterocycles. The van der Waals surface area contributed by atoms with E-state index in [1.54, 1.807) is 24.3 Å². The molecular formula is C21H17ClF3N5O5. The van der Waals surface area contributed by atoms with Crippen molar-refractivity contribution in [2.45, 2.75) is 30.5 Å². The number of carboxylic acids is 1. The molecule has 1 aliphatic rings. The number of ether oxygens (including phenoxy) is 1. The average molecular weight is 512 g/mol. The molecule has 3 aromatic rings. The molecule has 0 spiro atoms. The first-order valence-electron chi connectivity index (χ1n) is 9.98. The van der Waals surface area contributed by atoms with Gasteiger partial charge in [0.2, 0.25) is 11.9 Å². The van der Waals surface area contributed by atoms with Crippen LogP contribution in [-0.4, -0.2) is 48.4 Å². The van der Waals surface area contributed by atoms with Crippen molar-refractivity contribution in [2.24, 2.45) is 0 Å². The van der Waals surface area contributed by atoms with Crippen LogP contribution < -0.4 is 15.4 Å². The molecule has 1 heterocycles. The minimum Gasteiger partial charge on any atom is -0.478 e. The van der Waals surface area contributed by atoms with E-state index in [1.807, 2.05) is 0 Å². The van der Waals surface area contributed by atoms with Gasteiger partial charge in [0, 0.05) is 10.7 Å². The highest BCUT2D eigenvalue weighted by molar-refractivity contribution is 6.30. The van der Waals surface area contributed by atoms with E-state index in [0.717, 1.165) is 5.56 Å². The van der Waals surface area contributed by atoms with Crippen LogP contribution in [0.3, 0.4) is 0 Å². The fourth-order valence-corrected chi connectivity index (χ4v) is 3.24. The van der Waals surface area contributed by atoms with Crippen LogP contribution in [-0.2, 0) is 5.54 Å². The molecule has 35 heavy (non-hydrogen) atoms. The zero-order valence-electron chi connectivity index (χ0n) is 17.5. The number of hydrogen-bond acceptors (Lipinski definition) is 9. The first kappa shape index (κ1) is 24.4. The van der Waals surface area contributed by atoms with Gasteiger partial charge in [0.25, 0.3) is 0 Å². The Morgan fingerprint density at radius 2 is 1.57 bits per heavy atom. The van der Waals surface area contributed by atoms with Crippen molar-refractivity contribution in [3.8, 4) is 6.01 Å². The summed E-state index contributed by atoms with van der Waals surface area (Å²) < 4.78 is 43.0. The van der Waals surface area contributed by atoms with Gasteiger partial charge in [-0.2, -0.15) is 28.1 Å². The molecule has 0 aliphatic heterocycles. The number of nitrogens with one attached hydrogen (secondary N) is 2. The summed E-state index contributed by atoms with van der Waals surface area (Å²) in [6.07, 6.45) is -4.25. The minimum absolute atomic E-state index is 0.00624. The molecule has 0 unspecified atom stereocenters. The van der Waals surface area contributed by atoms with Gasteiger partial charge in [0.15, 0.2) is 0 Å². The van der Waals surface area contributed by atoms with Crippen LogP contribution in [0.1, 0.15) is 28.8 Å². The van der Waals surface area contributed by atoms with Crippen LogP contribution >= 0.6 is 11.6 Å². The second-order valence-corrected chi connectivity index (χ2v) is 8.13. The summed E-state index contributed by atoms with van der Waals surface area (Å²) in [6, 6.07) is 11.2. The van der Waals surface area contributed by atoms with Gasteiger partial charge >= 0.3 is 24.1 Å². The normalized spacial score (nSPS) is 14.8. The highest BCUT2D eigenvalue weighted by Gasteiger charge is 2.57. The number of anilines is 3. The minimum atomic E-state index is -5.56. The fourth-order valence-electron chi connectivity index (χ4n) is 3.12. The smallest absolute Gasteiger partial charge is 0.478 e. The number of aliphatic hydroxyl groups is 2. The van der Waals surface area contributed by atoms with Crippen LogP contribution in [0.2, 0.25) is 5.02 Å². The van der Waals surface area contributed by atoms with Crippen molar-refractivity contribution in [1.82, 2.24) is 15.0 Å². The number of aromatic nitrogens is 3. The number of carboxylic acid groups (broad SMARTS) is 1. The summed E-state index contributed by atoms with van der Waals surface area (Å²) in [5, 5.41) is 33.9. The first-order valence-corrected chi connectivity index (χ1v) is 10.4. The molecule has 1 aromatic heterocycles. The first-order chi connectivity index (χ1) is 16.4. The highest BCUT2D eigenvalue weighted by atomic mass is 35.5. The van der Waals surface area contributed by atoms with Crippen molar-refractivity contribution in [1.29, 1.82) is 0 Å². The van der Waals surface area contributed by atoms with E-state index in [-0.39, 0.29) is 17.5 Å². The van der Waals surface area contributed by atoms with Gasteiger partial charge in [0.1, 0.15) is 0 Å². The Kier molecular flexibility index (Phi) is 6.17. The third-order valence-corrected chi connectivity index (χ3v) is 5.36. The number of halogens is 4. The van der Waals surface area contributed by atoms with Gasteiger partial charge in [-0.05, 0) is 54.8 Å². The summed E-state index contributed by atoms with van der Waals surface area (Å²) in [5.74, 6) is -6.21. The van der Waals surface area contributed by atoms with E-state index in [9.17, 15) is 28.2 Å². The van der Waals surface area contributed by atoms with Gasteiger partial charge in [-0.1, -0.05) is 23.7 Å². The van der Waals surface area contributed by atoms with E-state index < -0.39 is 29.7 Å². The van der Waals surface area contributed by atoms with Gasteiger partial charge in [-0.25, -0.2) is 4.79 Å². The SMILES string of the molecule is O=C(O)c1ccc(Nc2nc(NC3(c4ccc(Cl)cc4)CC3)nc(OC(O)(O)C(F)(F)F)n2)cc1. The number of alkyl halides is 3. The highest BCUT2D eigenvalue weighted by Crippen LogP contribution is 2.48. The molecule has 184 valence electrons. The summed E-state index contributed by atoms with van der Waals surface area (Å²) >= 11 is 5.94. The number of nitrogens with zero attached hydrogens (tertiary/aromatic N) is 3. The van der Waals surface area contributed by atoms with Crippen molar-refractivity contribution in [3.63, 3.8) is 0 Å². The quantitative estimate of drug-likeness (QED) is 0.284. The summed E-state index contributed by atoms with van der Waals surface area (Å²) in [6.45, 7) is 0. The molecule has 1 saturated carbocycles. The second-order valence-electron chi connectivity index (χ2n) is 7.69. The van der Waals surface area contributed by atoms with Crippen molar-refractivity contribution in [2.75, 3.05) is 10.6 Å². The number of rotatable bonds is 8. The molecule has 1 fully saturated rings. The maximum Gasteiger partial charge on any atom is 0.486 e. The molecule has 14 heteroatoms. The standard InChI is InChI=1S/C21H17ClF3N5O5/c22-13-5-3-12(4-6-13)19(9-10-19)30-17-27-16(26-14-7-1-11(2-8-14)15(31)32)28-18(29-17)35-21(33,34)20(23,24)25/h1-8,33-34H,9-10H2,(H,31,32)(H2,26,27,28,29,30). The Labute approximate surface area is 200 Å². The maximum atomic E-state index is 12.9. The maximum absolute atomic E-state index is 12.9. The largest absolute Gasteiger partial charge is 0.486 e. The van der Waals surface area contributed by atoms with Gasteiger partial charge in [-0.3, -0.25) is 0 Å². The van der Waals surface area contributed by atoms with E-state index in [4.69, 9.17) is 16.7 Å². The topological polar surface area (TPSA) is 150 Å². The lowest BCUT2D eigenvalue weighted by atomic mass is 10.1. The van der Waals surface area contributed by atoms with Crippen molar-refractivity contribution in [3.05, 3.63) is 64.7 Å². The summed E-state index contributed by atoms with van der Waals surface area (Å²) in [5.41, 5.74) is 0.514. The molecule has 0 atom stereocenters. The summed E-state index contributed by atoms with van der Waals surface area (Å²) in [4.78, 5) is 22.6. The van der Waals surface area contributed by atoms with Gasteiger partial charge in [-0.15, -0.1) is 0 Å². The van der Waals surface area contributed by atoms with Crippen LogP contribution in [0, 0.1) is 0 Å². The lowest BCUT2D eigenvalue weighted by Gasteiger charge is -2.24. The predicted molar refractivity (Wildman–Crippen MR) is 116 cm³/mol. The lowest BCUT2D eigenvalue weighted by Crippen LogP contribution is -2.50. The van der Waals surface area contributed by atoms with Crippen LogP contribution in [0.15, 0.2) is 48.5 Å². The Morgan fingerprint density at radius 1 is 0.971 bits per heavy atom. The van der Waals surface area contributed by atoms with Gasteiger partial charge < -0.3 is 30.7 Å². The Morgan fingerprint density at radius 3 is 2.11 bits per heavy atom. The second kappa shape index (κ2) is 8.83. The Balaban J connectivity index is 1.66. The molecule has 2 aromatic carbocycles. The fraction of sp³-hybridized carbons (Fsp3) is 0.238. The third-order valence-electron chi connectivity index (χ3n) is 5.10. The molecular weight excluding hydrogens is 495 g/mol. The van der Waals surface area contributed by atoms with Crippen molar-refractivity contribution >= 4 is 35.2 Å². The Bertz CT molecular complexity index is 1240. The van der Waals surface area contributed by atoms with E-state index >= 15 is 0 Å². The van der Waals surface area contributed by atoms with Crippen molar-refractivity contribution < 1.29 is 38.0 Å². The lowest BCUT2D eigenvalue weighted by molar-refractivity contribution is -0.430. The van der Waals surface area contributed by atoms with E-state index in [2.05, 4.69) is 30.3 Å². The van der Waals surface area contributed by atoms with Crippen LogP contribution in [0.25, 0.3) is 0 Å². The predicted octanol–water partition coefficient (Wildman–Crippen LogP) is 3.65. The zero-order chi connectivity index (χ0) is 25.4. The molecule has 0 bridgehead atoms. The number of hydrogen-bond donors (Lipinski definition) is 5.